The highest BCUT2D eigenvalue weighted by molar-refractivity contribution is 5.64. The second-order valence-electron chi connectivity index (χ2n) is 7.29. The Labute approximate surface area is 162 Å². The lowest BCUT2D eigenvalue weighted by Gasteiger charge is -2.30. The summed E-state index contributed by atoms with van der Waals surface area (Å²) in [5, 5.41) is 4.56. The van der Waals surface area contributed by atoms with Crippen molar-refractivity contribution in [1.82, 2.24) is 29.5 Å². The average Bonchev–Trinajstić information content (AvgIpc) is 3.39. The Kier molecular flexibility index (Phi) is 4.03. The molecule has 142 valence electrons. The second kappa shape index (κ2) is 6.70. The molecule has 4 aromatic heterocycles. The summed E-state index contributed by atoms with van der Waals surface area (Å²) in [6.45, 7) is 6.29. The van der Waals surface area contributed by atoms with Crippen LogP contribution >= 0.6 is 0 Å². The van der Waals surface area contributed by atoms with Gasteiger partial charge in [-0.2, -0.15) is 4.98 Å². The molecule has 0 unspecified atom stereocenters. The van der Waals surface area contributed by atoms with E-state index < -0.39 is 0 Å². The van der Waals surface area contributed by atoms with Crippen LogP contribution in [0, 0.1) is 12.8 Å². The lowest BCUT2D eigenvalue weighted by Crippen LogP contribution is -2.34. The van der Waals surface area contributed by atoms with Gasteiger partial charge in [-0.1, -0.05) is 6.92 Å². The van der Waals surface area contributed by atoms with Crippen LogP contribution < -0.4 is 4.90 Å². The molecule has 8 nitrogen and oxygen atoms in total. The molecule has 4 aromatic rings. The first kappa shape index (κ1) is 16.9. The highest BCUT2D eigenvalue weighted by Gasteiger charge is 2.19. The molecular weight excluding hydrogens is 354 g/mol. The summed E-state index contributed by atoms with van der Waals surface area (Å²) < 4.78 is 7.14. The highest BCUT2D eigenvalue weighted by atomic mass is 16.3. The van der Waals surface area contributed by atoms with Crippen molar-refractivity contribution in [3.05, 3.63) is 42.5 Å². The van der Waals surface area contributed by atoms with Crippen LogP contribution in [0.3, 0.4) is 0 Å². The van der Waals surface area contributed by atoms with Crippen molar-refractivity contribution in [2.75, 3.05) is 18.0 Å². The minimum Gasteiger partial charge on any atom is -0.461 e. The van der Waals surface area contributed by atoms with Gasteiger partial charge in [0.25, 0.3) is 5.78 Å². The van der Waals surface area contributed by atoms with Crippen molar-refractivity contribution in [2.45, 2.75) is 26.7 Å². The molecule has 0 radical (unpaired) electrons. The molecule has 8 heteroatoms. The summed E-state index contributed by atoms with van der Waals surface area (Å²) >= 11 is 0. The van der Waals surface area contributed by atoms with Gasteiger partial charge in [-0.3, -0.25) is 0 Å². The first-order valence-electron chi connectivity index (χ1n) is 9.53. The van der Waals surface area contributed by atoms with Gasteiger partial charge in [-0.25, -0.2) is 19.5 Å². The quantitative estimate of drug-likeness (QED) is 0.542. The number of aryl methyl sites for hydroxylation is 1. The van der Waals surface area contributed by atoms with Gasteiger partial charge >= 0.3 is 0 Å². The van der Waals surface area contributed by atoms with E-state index in [1.807, 2.05) is 31.3 Å². The lowest BCUT2D eigenvalue weighted by molar-refractivity contribution is 0.434. The van der Waals surface area contributed by atoms with Crippen LogP contribution in [-0.2, 0) is 0 Å². The van der Waals surface area contributed by atoms with E-state index in [1.54, 1.807) is 17.0 Å². The number of aromatic nitrogens is 6. The molecule has 1 aliphatic rings. The summed E-state index contributed by atoms with van der Waals surface area (Å²) in [7, 11) is 0. The zero-order valence-electron chi connectivity index (χ0n) is 15.9. The largest absolute Gasteiger partial charge is 0.461 e. The monoisotopic (exact) mass is 375 g/mol. The molecule has 28 heavy (non-hydrogen) atoms. The molecule has 0 atom stereocenters. The molecule has 1 saturated heterocycles. The van der Waals surface area contributed by atoms with Gasteiger partial charge in [0, 0.05) is 31.0 Å². The first-order valence-corrected chi connectivity index (χ1v) is 9.53. The van der Waals surface area contributed by atoms with Gasteiger partial charge in [0.05, 0.1) is 17.7 Å². The fourth-order valence-corrected chi connectivity index (χ4v) is 3.56. The van der Waals surface area contributed by atoms with Crippen LogP contribution in [0.4, 0.5) is 5.95 Å². The number of hydrogen-bond acceptors (Lipinski definition) is 7. The Morgan fingerprint density at radius 3 is 2.75 bits per heavy atom. The van der Waals surface area contributed by atoms with E-state index >= 15 is 0 Å². The van der Waals surface area contributed by atoms with Crippen LogP contribution in [0.15, 0.2) is 41.3 Å². The molecule has 1 aliphatic heterocycles. The molecule has 0 amide bonds. The summed E-state index contributed by atoms with van der Waals surface area (Å²) in [6.07, 6.45) is 7.57. The number of furan rings is 1. The number of piperidine rings is 1. The van der Waals surface area contributed by atoms with E-state index in [4.69, 9.17) is 9.40 Å². The van der Waals surface area contributed by atoms with Crippen LogP contribution in [0.1, 0.15) is 25.5 Å². The van der Waals surface area contributed by atoms with Crippen molar-refractivity contribution in [2.24, 2.45) is 5.92 Å². The van der Waals surface area contributed by atoms with Gasteiger partial charge in [0.1, 0.15) is 0 Å². The van der Waals surface area contributed by atoms with Crippen LogP contribution in [-0.4, -0.2) is 42.6 Å². The maximum atomic E-state index is 5.40. The van der Waals surface area contributed by atoms with E-state index in [9.17, 15) is 0 Å². The lowest BCUT2D eigenvalue weighted by atomic mass is 10.00. The van der Waals surface area contributed by atoms with Gasteiger partial charge in [0.2, 0.25) is 11.8 Å². The number of hydrogen-bond donors (Lipinski definition) is 0. The Balaban J connectivity index is 1.52. The Hall–Kier alpha value is -3.29. The van der Waals surface area contributed by atoms with Crippen molar-refractivity contribution in [1.29, 1.82) is 0 Å². The number of anilines is 1. The molecule has 5 heterocycles. The molecular formula is C20H21N7O. The second-order valence-corrected chi connectivity index (χ2v) is 7.29. The summed E-state index contributed by atoms with van der Waals surface area (Å²) in [6, 6.07) is 5.56. The molecule has 0 spiro atoms. The molecule has 5 rings (SSSR count). The molecule has 0 bridgehead atoms. The van der Waals surface area contributed by atoms with Crippen LogP contribution in [0.5, 0.6) is 0 Å². The van der Waals surface area contributed by atoms with Gasteiger partial charge in [-0.05, 0) is 43.9 Å². The van der Waals surface area contributed by atoms with Crippen molar-refractivity contribution in [3.8, 4) is 22.8 Å². The van der Waals surface area contributed by atoms with Gasteiger partial charge in [0.15, 0.2) is 5.76 Å². The Morgan fingerprint density at radius 1 is 1.11 bits per heavy atom. The fourth-order valence-electron chi connectivity index (χ4n) is 3.56. The van der Waals surface area contributed by atoms with Crippen molar-refractivity contribution < 1.29 is 4.42 Å². The number of rotatable bonds is 3. The number of nitrogens with zero attached hydrogens (tertiary/aromatic N) is 7. The van der Waals surface area contributed by atoms with Gasteiger partial charge in [-0.15, -0.1) is 5.10 Å². The molecule has 1 fully saturated rings. The highest BCUT2D eigenvalue weighted by Crippen LogP contribution is 2.25. The third kappa shape index (κ3) is 2.90. The van der Waals surface area contributed by atoms with Crippen LogP contribution in [0.2, 0.25) is 0 Å². The standard InChI is InChI=1S/C20H21N7O/c1-13-6-9-26(10-7-13)19-21-8-5-16(23-19)15-12-22-20-24-18(17-4-3-11-28-17)25-27(20)14(15)2/h3-5,8,11-13H,6-7,9-10H2,1-2H3. The predicted octanol–water partition coefficient (Wildman–Crippen LogP) is 3.39. The molecule has 0 N–H and O–H groups in total. The maximum Gasteiger partial charge on any atom is 0.253 e. The summed E-state index contributed by atoms with van der Waals surface area (Å²) in [5.41, 5.74) is 2.68. The third-order valence-corrected chi connectivity index (χ3v) is 5.33. The fraction of sp³-hybridized carbons (Fsp3) is 0.350. The zero-order valence-corrected chi connectivity index (χ0v) is 15.9. The SMILES string of the molecule is Cc1c(-c2ccnc(N3CCC(C)CC3)n2)cnc2nc(-c3ccco3)nn12. The maximum absolute atomic E-state index is 5.40. The topological polar surface area (TPSA) is 85.2 Å². The minimum absolute atomic E-state index is 0.517. The van der Waals surface area contributed by atoms with Crippen molar-refractivity contribution >= 4 is 11.7 Å². The third-order valence-electron chi connectivity index (χ3n) is 5.33. The van der Waals surface area contributed by atoms with E-state index in [0.717, 1.165) is 41.9 Å². The number of fused-ring (bicyclic) bond motifs is 1. The zero-order chi connectivity index (χ0) is 19.1. The summed E-state index contributed by atoms with van der Waals surface area (Å²) in [4.78, 5) is 20.5. The first-order chi connectivity index (χ1) is 13.7. The summed E-state index contributed by atoms with van der Waals surface area (Å²) in [5.74, 6) is 3.22. The predicted molar refractivity (Wildman–Crippen MR) is 105 cm³/mol. The average molecular weight is 375 g/mol. The van der Waals surface area contributed by atoms with E-state index in [1.165, 1.54) is 12.8 Å². The van der Waals surface area contributed by atoms with E-state index in [0.29, 0.717) is 17.4 Å². The smallest absolute Gasteiger partial charge is 0.253 e. The minimum atomic E-state index is 0.517. The van der Waals surface area contributed by atoms with Gasteiger partial charge < -0.3 is 9.32 Å². The molecule has 0 saturated carbocycles. The normalized spacial score (nSPS) is 15.4. The van der Waals surface area contributed by atoms with Crippen LogP contribution in [0.25, 0.3) is 28.6 Å². The Morgan fingerprint density at radius 2 is 1.96 bits per heavy atom. The van der Waals surface area contributed by atoms with Crippen molar-refractivity contribution in [3.63, 3.8) is 0 Å². The molecule has 0 aromatic carbocycles. The molecule has 0 aliphatic carbocycles. The Bertz CT molecular complexity index is 1110. The van der Waals surface area contributed by atoms with E-state index in [2.05, 4.69) is 31.9 Å². The van der Waals surface area contributed by atoms with E-state index in [-0.39, 0.29) is 0 Å².